The van der Waals surface area contributed by atoms with Crippen LogP contribution in [0.4, 0.5) is 15.8 Å². The van der Waals surface area contributed by atoms with Crippen molar-refractivity contribution in [3.8, 4) is 0 Å². The van der Waals surface area contributed by atoms with Crippen molar-refractivity contribution in [1.29, 1.82) is 0 Å². The summed E-state index contributed by atoms with van der Waals surface area (Å²) in [5, 5.41) is 12.0. The second-order valence-corrected chi connectivity index (χ2v) is 19.9. The van der Waals surface area contributed by atoms with E-state index in [0.29, 0.717) is 118 Å². The van der Waals surface area contributed by atoms with E-state index in [0.717, 1.165) is 63.3 Å². The van der Waals surface area contributed by atoms with Crippen molar-refractivity contribution in [2.75, 3.05) is 143 Å². The van der Waals surface area contributed by atoms with Crippen LogP contribution < -0.4 is 20.9 Å². The molecule has 2 amide bonds. The first-order valence-corrected chi connectivity index (χ1v) is 26.0. The van der Waals surface area contributed by atoms with Crippen molar-refractivity contribution in [2.24, 2.45) is 0 Å². The average molecular weight is 1020 g/mol. The molecule has 0 radical (unpaired) electrons. The summed E-state index contributed by atoms with van der Waals surface area (Å²) in [5.74, 6) is -0.675. The maximum atomic E-state index is 14.1. The summed E-state index contributed by atoms with van der Waals surface area (Å²) in [6.45, 7) is 16.4. The van der Waals surface area contributed by atoms with Gasteiger partial charge in [-0.2, -0.15) is 0 Å². The van der Waals surface area contributed by atoms with E-state index in [4.69, 9.17) is 33.4 Å². The molecule has 5 aromatic rings. The highest BCUT2D eigenvalue weighted by Gasteiger charge is 2.41. The number of likely N-dealkylation sites (N-methyl/N-ethyl adjacent to an activating group) is 1. The summed E-state index contributed by atoms with van der Waals surface area (Å²) in [6.07, 6.45) is 4.11. The Morgan fingerprint density at radius 3 is 2.26 bits per heavy atom. The quantitative estimate of drug-likeness (QED) is 0.0456. The lowest BCUT2D eigenvalue weighted by Gasteiger charge is -2.39. The highest BCUT2D eigenvalue weighted by molar-refractivity contribution is 5.98. The highest BCUT2D eigenvalue weighted by atomic mass is 19.1. The second kappa shape index (κ2) is 29.1. The standard InChI is InChI=1S/C57H77FN8O8/c1-42-37-65(50(35-61-42)40-69-5)39-54(67)66-41-57(2,3)55-53(66)33-47(31-43-11-14-48(58)15-12-43)52(63-55)38-64(4)20-22-71-24-26-73-28-30-74-29-27-72-25-23-70-21-19-60-36-51(44-9-7-6-8-10-44)56(68)62-49-16-13-46-34-59-18-17-45(46)32-49/h6-18,32-34,42,50-51,60-61H,19-31,35-41H2,1-5H3,(H,62,68)/t42-,50-,51-/m1/s1. The summed E-state index contributed by atoms with van der Waals surface area (Å²) < 4.78 is 48.1. The van der Waals surface area contributed by atoms with Crippen molar-refractivity contribution < 1.29 is 42.4 Å². The van der Waals surface area contributed by atoms with E-state index in [1.807, 2.05) is 77.8 Å². The number of piperazine rings is 1. The topological polar surface area (TPSA) is 161 Å². The van der Waals surface area contributed by atoms with Gasteiger partial charge < -0.3 is 49.3 Å². The minimum absolute atomic E-state index is 0.0525. The van der Waals surface area contributed by atoms with Crippen LogP contribution in [-0.4, -0.2) is 176 Å². The van der Waals surface area contributed by atoms with Crippen molar-refractivity contribution in [2.45, 2.75) is 57.2 Å². The molecule has 17 heteroatoms. The van der Waals surface area contributed by atoms with E-state index >= 15 is 0 Å². The number of amides is 2. The summed E-state index contributed by atoms with van der Waals surface area (Å²) in [4.78, 5) is 43.4. The van der Waals surface area contributed by atoms with Gasteiger partial charge in [0.15, 0.2) is 0 Å². The number of pyridine rings is 2. The molecule has 4 heterocycles. The Morgan fingerprint density at radius 2 is 1.55 bits per heavy atom. The van der Waals surface area contributed by atoms with Crippen LogP contribution in [0.25, 0.3) is 10.8 Å². The minimum Gasteiger partial charge on any atom is -0.383 e. The molecule has 2 aliphatic rings. The molecule has 0 aliphatic carbocycles. The van der Waals surface area contributed by atoms with Crippen LogP contribution in [0.2, 0.25) is 0 Å². The number of hydrogen-bond acceptors (Lipinski definition) is 14. The molecule has 2 aliphatic heterocycles. The molecule has 7 rings (SSSR count). The Balaban J connectivity index is 0.740. The Bertz CT molecular complexity index is 2510. The first-order valence-electron chi connectivity index (χ1n) is 26.0. The number of aromatic nitrogens is 2. The highest BCUT2D eigenvalue weighted by Crippen LogP contribution is 2.41. The van der Waals surface area contributed by atoms with E-state index in [-0.39, 0.29) is 41.0 Å². The molecule has 3 N–H and O–H groups in total. The molecule has 1 fully saturated rings. The average Bonchev–Trinajstić information content (AvgIpc) is 3.66. The van der Waals surface area contributed by atoms with Gasteiger partial charge in [0.25, 0.3) is 0 Å². The van der Waals surface area contributed by atoms with E-state index in [1.54, 1.807) is 13.3 Å². The Hall–Kier alpha value is -5.31. The van der Waals surface area contributed by atoms with Gasteiger partial charge >= 0.3 is 0 Å². The van der Waals surface area contributed by atoms with Crippen LogP contribution in [0.15, 0.2) is 97.3 Å². The number of anilines is 2. The first kappa shape index (κ1) is 56.4. The Morgan fingerprint density at radius 1 is 0.865 bits per heavy atom. The fourth-order valence-corrected chi connectivity index (χ4v) is 9.38. The van der Waals surface area contributed by atoms with Crippen LogP contribution in [0.5, 0.6) is 0 Å². The van der Waals surface area contributed by atoms with Gasteiger partial charge in [-0.3, -0.25) is 29.4 Å². The third-order valence-corrected chi connectivity index (χ3v) is 13.4. The Kier molecular flexibility index (Phi) is 22.2. The largest absolute Gasteiger partial charge is 0.383 e. The summed E-state index contributed by atoms with van der Waals surface area (Å²) in [5.41, 5.74) is 6.03. The van der Waals surface area contributed by atoms with Gasteiger partial charge in [-0.15, -0.1) is 0 Å². The normalized spacial score (nSPS) is 17.0. The first-order chi connectivity index (χ1) is 36.0. The number of rotatable bonds is 31. The summed E-state index contributed by atoms with van der Waals surface area (Å²) >= 11 is 0. The van der Waals surface area contributed by atoms with Crippen LogP contribution in [-0.2, 0) is 56.4 Å². The van der Waals surface area contributed by atoms with Crippen LogP contribution >= 0.6 is 0 Å². The smallest absolute Gasteiger partial charge is 0.241 e. The number of benzene rings is 3. The van der Waals surface area contributed by atoms with Crippen LogP contribution in [0, 0.1) is 5.82 Å². The summed E-state index contributed by atoms with van der Waals surface area (Å²) in [7, 11) is 3.75. The zero-order valence-electron chi connectivity index (χ0n) is 44.0. The molecule has 400 valence electrons. The third kappa shape index (κ3) is 17.1. The molecule has 1 saturated heterocycles. The molecule has 2 aromatic heterocycles. The van der Waals surface area contributed by atoms with Crippen LogP contribution in [0.1, 0.15) is 54.8 Å². The number of carbonyl (C=O) groups excluding carboxylic acids is 2. The van der Waals surface area contributed by atoms with Crippen molar-refractivity contribution >= 4 is 34.0 Å². The predicted octanol–water partition coefficient (Wildman–Crippen LogP) is 5.82. The number of nitrogens with one attached hydrogen (secondary N) is 3. The zero-order chi connectivity index (χ0) is 52.1. The lowest BCUT2D eigenvalue weighted by Crippen LogP contribution is -2.59. The molecule has 0 unspecified atom stereocenters. The van der Waals surface area contributed by atoms with E-state index in [1.165, 1.54) is 12.1 Å². The molecule has 0 spiro atoms. The molecule has 0 bridgehead atoms. The van der Waals surface area contributed by atoms with Gasteiger partial charge in [-0.1, -0.05) is 62.4 Å². The number of ether oxygens (including phenoxy) is 6. The van der Waals surface area contributed by atoms with Gasteiger partial charge in [-0.05, 0) is 78.9 Å². The Labute approximate surface area is 436 Å². The number of carbonyl (C=O) groups is 2. The number of halogens is 1. The van der Waals surface area contributed by atoms with Crippen LogP contribution in [0.3, 0.4) is 0 Å². The maximum absolute atomic E-state index is 14.1. The predicted molar refractivity (Wildman–Crippen MR) is 286 cm³/mol. The van der Waals surface area contributed by atoms with Crippen molar-refractivity contribution in [3.63, 3.8) is 0 Å². The van der Waals surface area contributed by atoms with Gasteiger partial charge in [0, 0.05) is 93.9 Å². The van der Waals surface area contributed by atoms with Crippen molar-refractivity contribution in [1.82, 2.24) is 30.4 Å². The van der Waals surface area contributed by atoms with E-state index < -0.39 is 0 Å². The number of methoxy groups -OCH3 is 1. The lowest BCUT2D eigenvalue weighted by atomic mass is 9.90. The summed E-state index contributed by atoms with van der Waals surface area (Å²) in [6, 6.07) is 26.6. The molecule has 0 saturated carbocycles. The van der Waals surface area contributed by atoms with Gasteiger partial charge in [0.05, 0.1) is 102 Å². The fraction of sp³-hybridized carbons (Fsp3) is 0.509. The molecule has 3 aromatic carbocycles. The number of hydrogen-bond donors (Lipinski definition) is 3. The number of fused-ring (bicyclic) bond motifs is 2. The van der Waals surface area contributed by atoms with Gasteiger partial charge in [0.2, 0.25) is 11.8 Å². The minimum atomic E-state index is -0.371. The molecular weight excluding hydrogens is 944 g/mol. The fourth-order valence-electron chi connectivity index (χ4n) is 9.38. The van der Waals surface area contributed by atoms with Gasteiger partial charge in [-0.25, -0.2) is 4.39 Å². The molecule has 16 nitrogen and oxygen atoms in total. The van der Waals surface area contributed by atoms with E-state index in [2.05, 4.69) is 64.6 Å². The molecule has 74 heavy (non-hydrogen) atoms. The maximum Gasteiger partial charge on any atom is 0.241 e. The molecular formula is C57H77FN8O8. The molecule has 3 atom stereocenters. The van der Waals surface area contributed by atoms with Gasteiger partial charge in [0.1, 0.15) is 5.82 Å². The van der Waals surface area contributed by atoms with Crippen molar-refractivity contribution in [3.05, 3.63) is 131 Å². The lowest BCUT2D eigenvalue weighted by molar-refractivity contribution is -0.121. The zero-order valence-corrected chi connectivity index (χ0v) is 44.0. The SMILES string of the molecule is COC[C@H]1CN[C@H](C)CN1CC(=O)N1CC(C)(C)c2nc(CN(C)CCOCCOCCOCCOCCOCCNC[C@@H](C(=O)Nc3ccc4cnccc4c3)c3ccccc3)c(Cc3ccc(F)cc3)cc21. The second-order valence-electron chi connectivity index (χ2n) is 19.9. The number of nitrogens with zero attached hydrogens (tertiary/aromatic N) is 5. The third-order valence-electron chi connectivity index (χ3n) is 13.4. The monoisotopic (exact) mass is 1020 g/mol. The van der Waals surface area contributed by atoms with E-state index in [9.17, 15) is 14.0 Å².